The van der Waals surface area contributed by atoms with Crippen molar-refractivity contribution in [2.75, 3.05) is 13.2 Å². The van der Waals surface area contributed by atoms with E-state index in [-0.39, 0.29) is 18.3 Å². The Kier molecular flexibility index (Phi) is 4.80. The van der Waals surface area contributed by atoms with Gasteiger partial charge < -0.3 is 15.1 Å². The molecule has 0 heterocycles. The van der Waals surface area contributed by atoms with E-state index in [0.717, 1.165) is 18.4 Å². The first-order valence-electron chi connectivity index (χ1n) is 6.89. The standard InChI is InChI=1S/C15H21NO3/c17-10-2-9-16(13-3-1-4-13)15(19)11-12-5-7-14(18)8-6-12/h5-8,13,17-18H,1-4,9-11H2. The summed E-state index contributed by atoms with van der Waals surface area (Å²) in [6.45, 7) is 0.758. The van der Waals surface area contributed by atoms with E-state index in [1.165, 1.54) is 6.42 Å². The van der Waals surface area contributed by atoms with Crippen molar-refractivity contribution in [3.63, 3.8) is 0 Å². The zero-order chi connectivity index (χ0) is 13.7. The maximum absolute atomic E-state index is 12.3. The first-order valence-corrected chi connectivity index (χ1v) is 6.89. The van der Waals surface area contributed by atoms with Crippen LogP contribution in [0.4, 0.5) is 0 Å². The number of nitrogens with zero attached hydrogens (tertiary/aromatic N) is 1. The van der Waals surface area contributed by atoms with Gasteiger partial charge in [0.1, 0.15) is 5.75 Å². The molecule has 0 spiro atoms. The summed E-state index contributed by atoms with van der Waals surface area (Å²) in [5, 5.41) is 18.2. The van der Waals surface area contributed by atoms with Crippen LogP contribution in [0.25, 0.3) is 0 Å². The molecule has 1 aromatic rings. The molecule has 0 aliphatic heterocycles. The minimum absolute atomic E-state index is 0.115. The first-order chi connectivity index (χ1) is 9.20. The number of phenolic OH excluding ortho intramolecular Hbond substituents is 1. The summed E-state index contributed by atoms with van der Waals surface area (Å²) in [7, 11) is 0. The average Bonchev–Trinajstić information content (AvgIpc) is 2.34. The van der Waals surface area contributed by atoms with Crippen molar-refractivity contribution in [2.45, 2.75) is 38.1 Å². The molecule has 19 heavy (non-hydrogen) atoms. The molecular formula is C15H21NO3. The number of hydrogen-bond acceptors (Lipinski definition) is 3. The molecule has 1 fully saturated rings. The molecule has 0 bridgehead atoms. The van der Waals surface area contributed by atoms with Crippen LogP contribution in [-0.4, -0.2) is 40.2 Å². The number of aromatic hydroxyl groups is 1. The summed E-state index contributed by atoms with van der Waals surface area (Å²) in [4.78, 5) is 14.2. The van der Waals surface area contributed by atoms with Gasteiger partial charge in [-0.05, 0) is 43.4 Å². The van der Waals surface area contributed by atoms with E-state index in [4.69, 9.17) is 5.11 Å². The van der Waals surface area contributed by atoms with Crippen LogP contribution in [0.2, 0.25) is 0 Å². The minimum atomic E-state index is 0.115. The van der Waals surface area contributed by atoms with Crippen molar-refractivity contribution in [1.29, 1.82) is 0 Å². The fraction of sp³-hybridized carbons (Fsp3) is 0.533. The Morgan fingerprint density at radius 2 is 1.95 bits per heavy atom. The van der Waals surface area contributed by atoms with Gasteiger partial charge >= 0.3 is 0 Å². The highest BCUT2D eigenvalue weighted by molar-refractivity contribution is 5.79. The number of benzene rings is 1. The monoisotopic (exact) mass is 263 g/mol. The van der Waals surface area contributed by atoms with Crippen LogP contribution in [0.5, 0.6) is 5.75 Å². The predicted octanol–water partition coefficient (Wildman–Crippen LogP) is 1.70. The van der Waals surface area contributed by atoms with Gasteiger partial charge in [0.25, 0.3) is 0 Å². The Morgan fingerprint density at radius 3 is 2.47 bits per heavy atom. The molecule has 0 aromatic heterocycles. The average molecular weight is 263 g/mol. The van der Waals surface area contributed by atoms with Gasteiger partial charge in [-0.2, -0.15) is 0 Å². The molecule has 4 nitrogen and oxygen atoms in total. The third-order valence-corrected chi connectivity index (χ3v) is 3.68. The minimum Gasteiger partial charge on any atom is -0.508 e. The van der Waals surface area contributed by atoms with E-state index in [1.54, 1.807) is 24.3 Å². The Balaban J connectivity index is 1.96. The normalized spacial score (nSPS) is 15.0. The maximum atomic E-state index is 12.3. The van der Waals surface area contributed by atoms with Crippen LogP contribution in [-0.2, 0) is 11.2 Å². The topological polar surface area (TPSA) is 60.8 Å². The third kappa shape index (κ3) is 3.70. The molecule has 0 radical (unpaired) electrons. The van der Waals surface area contributed by atoms with Crippen molar-refractivity contribution < 1.29 is 15.0 Å². The number of amides is 1. The highest BCUT2D eigenvalue weighted by Crippen LogP contribution is 2.25. The van der Waals surface area contributed by atoms with Crippen LogP contribution >= 0.6 is 0 Å². The summed E-state index contributed by atoms with van der Waals surface area (Å²) in [6, 6.07) is 7.11. The van der Waals surface area contributed by atoms with Crippen LogP contribution in [0.3, 0.4) is 0 Å². The van der Waals surface area contributed by atoms with Gasteiger partial charge in [-0.15, -0.1) is 0 Å². The van der Waals surface area contributed by atoms with Gasteiger partial charge in [0.15, 0.2) is 0 Å². The van der Waals surface area contributed by atoms with Crippen molar-refractivity contribution in [1.82, 2.24) is 4.90 Å². The number of aliphatic hydroxyl groups is 1. The second kappa shape index (κ2) is 6.57. The second-order valence-electron chi connectivity index (χ2n) is 5.09. The van der Waals surface area contributed by atoms with Crippen molar-refractivity contribution in [2.24, 2.45) is 0 Å². The Bertz CT molecular complexity index is 412. The van der Waals surface area contributed by atoms with Gasteiger partial charge in [0.2, 0.25) is 5.91 Å². The summed E-state index contributed by atoms with van der Waals surface area (Å²) < 4.78 is 0. The van der Waals surface area contributed by atoms with E-state index in [2.05, 4.69) is 0 Å². The van der Waals surface area contributed by atoms with E-state index >= 15 is 0 Å². The fourth-order valence-electron chi connectivity index (χ4n) is 2.34. The van der Waals surface area contributed by atoms with Gasteiger partial charge in [-0.25, -0.2) is 0 Å². The number of aliphatic hydroxyl groups excluding tert-OH is 1. The molecule has 1 aliphatic carbocycles. The third-order valence-electron chi connectivity index (χ3n) is 3.68. The lowest BCUT2D eigenvalue weighted by Gasteiger charge is -2.37. The van der Waals surface area contributed by atoms with Gasteiger partial charge in [-0.3, -0.25) is 4.79 Å². The van der Waals surface area contributed by atoms with Gasteiger partial charge in [0, 0.05) is 19.2 Å². The molecular weight excluding hydrogens is 242 g/mol. The smallest absolute Gasteiger partial charge is 0.227 e. The Morgan fingerprint density at radius 1 is 1.26 bits per heavy atom. The number of carbonyl (C=O) groups is 1. The number of phenols is 1. The molecule has 1 saturated carbocycles. The van der Waals surface area contributed by atoms with Crippen LogP contribution in [0, 0.1) is 0 Å². The zero-order valence-electron chi connectivity index (χ0n) is 11.1. The van der Waals surface area contributed by atoms with Crippen molar-refractivity contribution in [3.05, 3.63) is 29.8 Å². The summed E-state index contributed by atoms with van der Waals surface area (Å²) >= 11 is 0. The van der Waals surface area contributed by atoms with Gasteiger partial charge in [0.05, 0.1) is 6.42 Å². The summed E-state index contributed by atoms with van der Waals surface area (Å²) in [5.74, 6) is 0.330. The largest absolute Gasteiger partial charge is 0.508 e. The van der Waals surface area contributed by atoms with Crippen molar-refractivity contribution >= 4 is 5.91 Å². The molecule has 104 valence electrons. The number of carbonyl (C=O) groups excluding carboxylic acids is 1. The predicted molar refractivity (Wildman–Crippen MR) is 72.9 cm³/mol. The second-order valence-corrected chi connectivity index (χ2v) is 5.09. The van der Waals surface area contributed by atoms with Crippen LogP contribution < -0.4 is 0 Å². The highest BCUT2D eigenvalue weighted by Gasteiger charge is 2.28. The van der Waals surface area contributed by atoms with E-state index in [0.29, 0.717) is 25.4 Å². The number of rotatable bonds is 6. The van der Waals surface area contributed by atoms with Gasteiger partial charge in [-0.1, -0.05) is 12.1 Å². The fourth-order valence-corrected chi connectivity index (χ4v) is 2.34. The zero-order valence-corrected chi connectivity index (χ0v) is 11.1. The lowest BCUT2D eigenvalue weighted by atomic mass is 9.91. The quantitative estimate of drug-likeness (QED) is 0.821. The Hall–Kier alpha value is -1.55. The SMILES string of the molecule is O=C(Cc1ccc(O)cc1)N(CCCO)C1CCC1. The molecule has 4 heteroatoms. The maximum Gasteiger partial charge on any atom is 0.227 e. The molecule has 1 amide bonds. The molecule has 2 rings (SSSR count). The molecule has 1 aliphatic rings. The Labute approximate surface area is 113 Å². The van der Waals surface area contributed by atoms with E-state index in [9.17, 15) is 9.90 Å². The van der Waals surface area contributed by atoms with Crippen molar-refractivity contribution in [3.8, 4) is 5.75 Å². The van der Waals surface area contributed by atoms with Crippen LogP contribution in [0.1, 0.15) is 31.2 Å². The molecule has 1 aromatic carbocycles. The summed E-state index contributed by atoms with van der Waals surface area (Å²) in [6.07, 6.45) is 4.34. The lowest BCUT2D eigenvalue weighted by Crippen LogP contribution is -2.45. The first kappa shape index (κ1) is 13.9. The van der Waals surface area contributed by atoms with E-state index < -0.39 is 0 Å². The molecule has 0 unspecified atom stereocenters. The molecule has 0 saturated heterocycles. The molecule has 2 N–H and O–H groups in total. The van der Waals surface area contributed by atoms with E-state index in [1.807, 2.05) is 4.90 Å². The molecule has 0 atom stereocenters. The van der Waals surface area contributed by atoms with Crippen LogP contribution in [0.15, 0.2) is 24.3 Å². The summed E-state index contributed by atoms with van der Waals surface area (Å²) in [5.41, 5.74) is 0.913. The lowest BCUT2D eigenvalue weighted by molar-refractivity contribution is -0.134. The number of hydrogen-bond donors (Lipinski definition) is 2. The highest BCUT2D eigenvalue weighted by atomic mass is 16.3.